The lowest BCUT2D eigenvalue weighted by molar-refractivity contribution is -0.120. The van der Waals surface area contributed by atoms with Crippen molar-refractivity contribution in [2.75, 3.05) is 25.0 Å². The van der Waals surface area contributed by atoms with Crippen LogP contribution in [-0.2, 0) is 21.2 Å². The number of hydrogen-bond acceptors (Lipinski definition) is 5. The number of fused-ring (bicyclic) bond motifs is 1. The number of anilines is 1. The van der Waals surface area contributed by atoms with Gasteiger partial charge in [0.2, 0.25) is 15.9 Å². The molecule has 0 aromatic heterocycles. The third-order valence-corrected chi connectivity index (χ3v) is 7.81. The van der Waals surface area contributed by atoms with Crippen LogP contribution in [0.25, 0.3) is 0 Å². The van der Waals surface area contributed by atoms with Crippen LogP contribution in [-0.4, -0.2) is 44.4 Å². The highest BCUT2D eigenvalue weighted by Crippen LogP contribution is 2.38. The summed E-state index contributed by atoms with van der Waals surface area (Å²) < 4.78 is 65.6. The number of hydrogen-bond donors (Lipinski definition) is 1. The first-order valence-electron chi connectivity index (χ1n) is 10.9. The van der Waals surface area contributed by atoms with Gasteiger partial charge in [0.15, 0.2) is 0 Å². The summed E-state index contributed by atoms with van der Waals surface area (Å²) >= 11 is 0. The van der Waals surface area contributed by atoms with Gasteiger partial charge in [-0.2, -0.15) is 4.31 Å². The molecule has 0 aliphatic carbocycles. The molecule has 1 atom stereocenters. The molecule has 2 aromatic rings. The van der Waals surface area contributed by atoms with E-state index in [2.05, 4.69) is 5.32 Å². The Morgan fingerprint density at radius 1 is 1.21 bits per heavy atom. The molecule has 1 N–H and O–H groups in total. The predicted octanol–water partition coefficient (Wildman–Crippen LogP) is 3.73. The first-order valence-corrected chi connectivity index (χ1v) is 12.4. The van der Waals surface area contributed by atoms with Crippen LogP contribution in [0, 0.1) is 17.6 Å². The van der Waals surface area contributed by atoms with Crippen LogP contribution in [0.2, 0.25) is 0 Å². The minimum Gasteiger partial charge on any atom is -0.492 e. The summed E-state index contributed by atoms with van der Waals surface area (Å²) in [5.41, 5.74) is 1.53. The molecule has 2 aliphatic rings. The first kappa shape index (κ1) is 23.4. The first-order chi connectivity index (χ1) is 15.7. The van der Waals surface area contributed by atoms with Crippen molar-refractivity contribution >= 4 is 21.6 Å². The maximum absolute atomic E-state index is 14.0. The standard InChI is InChI=1S/C23H26F2N2O5S/c1-3-31-21-11-16-10-14(2)32-20(16)13-19(21)26-23(28)15-6-8-27(9-7-15)33(29,30)22-12-17(24)4-5-18(22)25/h4-5,11-15H,3,6-10H2,1-2H3,(H,26,28)/t14-/m0/s1. The Morgan fingerprint density at radius 2 is 1.94 bits per heavy atom. The molecule has 0 spiro atoms. The zero-order chi connectivity index (χ0) is 23.8. The number of ether oxygens (including phenoxy) is 2. The van der Waals surface area contributed by atoms with E-state index < -0.39 is 32.5 Å². The summed E-state index contributed by atoms with van der Waals surface area (Å²) in [6, 6.07) is 5.97. The highest BCUT2D eigenvalue weighted by molar-refractivity contribution is 7.89. The van der Waals surface area contributed by atoms with Crippen molar-refractivity contribution in [1.29, 1.82) is 0 Å². The quantitative estimate of drug-likeness (QED) is 0.681. The van der Waals surface area contributed by atoms with Gasteiger partial charge in [0.05, 0.1) is 12.3 Å². The topological polar surface area (TPSA) is 84.9 Å². The van der Waals surface area contributed by atoms with E-state index in [1.165, 1.54) is 0 Å². The van der Waals surface area contributed by atoms with E-state index >= 15 is 0 Å². The number of piperidine rings is 1. The molecule has 0 radical (unpaired) electrons. The van der Waals surface area contributed by atoms with Gasteiger partial charge in [-0.05, 0) is 51.0 Å². The summed E-state index contributed by atoms with van der Waals surface area (Å²) in [4.78, 5) is 12.2. The monoisotopic (exact) mass is 480 g/mol. The van der Waals surface area contributed by atoms with E-state index in [1.807, 2.05) is 19.9 Å². The van der Waals surface area contributed by atoms with Crippen molar-refractivity contribution in [1.82, 2.24) is 4.31 Å². The SMILES string of the molecule is CCOc1cc2c(cc1NC(=O)C1CCN(S(=O)(=O)c3cc(F)ccc3F)CC1)O[C@@H](C)C2. The predicted molar refractivity (Wildman–Crippen MR) is 118 cm³/mol. The average Bonchev–Trinajstić information content (AvgIpc) is 3.14. The average molecular weight is 481 g/mol. The van der Waals surface area contributed by atoms with Crippen LogP contribution in [0.1, 0.15) is 32.3 Å². The van der Waals surface area contributed by atoms with Gasteiger partial charge in [-0.3, -0.25) is 4.79 Å². The number of rotatable bonds is 6. The van der Waals surface area contributed by atoms with Gasteiger partial charge < -0.3 is 14.8 Å². The number of benzene rings is 2. The van der Waals surface area contributed by atoms with Crippen LogP contribution < -0.4 is 14.8 Å². The number of sulfonamides is 1. The molecule has 1 amide bonds. The maximum atomic E-state index is 14.0. The third-order valence-electron chi connectivity index (χ3n) is 5.89. The van der Waals surface area contributed by atoms with Crippen molar-refractivity contribution in [3.8, 4) is 11.5 Å². The largest absolute Gasteiger partial charge is 0.492 e. The van der Waals surface area contributed by atoms with E-state index in [9.17, 15) is 22.0 Å². The Labute approximate surface area is 191 Å². The van der Waals surface area contributed by atoms with E-state index in [1.54, 1.807) is 6.07 Å². The Balaban J connectivity index is 1.44. The molecule has 4 rings (SSSR count). The van der Waals surface area contributed by atoms with Gasteiger partial charge in [0.1, 0.15) is 34.1 Å². The molecular formula is C23H26F2N2O5S. The van der Waals surface area contributed by atoms with Crippen LogP contribution in [0.4, 0.5) is 14.5 Å². The lowest BCUT2D eigenvalue weighted by atomic mass is 9.97. The van der Waals surface area contributed by atoms with Crippen molar-refractivity contribution in [2.24, 2.45) is 5.92 Å². The molecule has 178 valence electrons. The van der Waals surface area contributed by atoms with Gasteiger partial charge >= 0.3 is 0 Å². The minimum atomic E-state index is -4.20. The number of nitrogens with one attached hydrogen (secondary N) is 1. The summed E-state index contributed by atoms with van der Waals surface area (Å²) in [7, 11) is -4.20. The maximum Gasteiger partial charge on any atom is 0.246 e. The second kappa shape index (κ2) is 9.26. The van der Waals surface area contributed by atoms with Gasteiger partial charge in [-0.25, -0.2) is 17.2 Å². The van der Waals surface area contributed by atoms with Crippen LogP contribution in [0.5, 0.6) is 11.5 Å². The normalized spacial score (nSPS) is 19.1. The van der Waals surface area contributed by atoms with Crippen LogP contribution in [0.3, 0.4) is 0 Å². The molecule has 10 heteroatoms. The smallest absolute Gasteiger partial charge is 0.246 e. The van der Waals surface area contributed by atoms with Gasteiger partial charge in [0, 0.05) is 37.1 Å². The third kappa shape index (κ3) is 4.81. The van der Waals surface area contributed by atoms with Crippen molar-refractivity contribution in [3.05, 3.63) is 47.5 Å². The zero-order valence-corrected chi connectivity index (χ0v) is 19.3. The molecular weight excluding hydrogens is 454 g/mol. The fraction of sp³-hybridized carbons (Fsp3) is 0.435. The van der Waals surface area contributed by atoms with E-state index in [0.717, 1.165) is 28.4 Å². The number of amides is 1. The Kier molecular flexibility index (Phi) is 6.58. The lowest BCUT2D eigenvalue weighted by Gasteiger charge is -2.30. The molecule has 2 aromatic carbocycles. The molecule has 0 bridgehead atoms. The summed E-state index contributed by atoms with van der Waals surface area (Å²) in [5, 5.41) is 2.89. The lowest BCUT2D eigenvalue weighted by Crippen LogP contribution is -2.41. The highest BCUT2D eigenvalue weighted by atomic mass is 32.2. The summed E-state index contributed by atoms with van der Waals surface area (Å²) in [6.07, 6.45) is 1.33. The molecule has 0 saturated carbocycles. The van der Waals surface area contributed by atoms with Crippen molar-refractivity contribution < 1.29 is 31.5 Å². The molecule has 1 saturated heterocycles. The Hall–Kier alpha value is -2.72. The van der Waals surface area contributed by atoms with Crippen LogP contribution >= 0.6 is 0 Å². The zero-order valence-electron chi connectivity index (χ0n) is 18.4. The summed E-state index contributed by atoms with van der Waals surface area (Å²) in [6.45, 7) is 4.32. The Morgan fingerprint density at radius 3 is 2.64 bits per heavy atom. The molecule has 1 fully saturated rings. The molecule has 2 heterocycles. The Bertz CT molecular complexity index is 1160. The fourth-order valence-corrected chi connectivity index (χ4v) is 5.76. The number of halogens is 2. The van der Waals surface area contributed by atoms with Crippen molar-refractivity contribution in [3.63, 3.8) is 0 Å². The molecule has 7 nitrogen and oxygen atoms in total. The van der Waals surface area contributed by atoms with Gasteiger partial charge in [-0.15, -0.1) is 0 Å². The van der Waals surface area contributed by atoms with Crippen LogP contribution in [0.15, 0.2) is 35.2 Å². The van der Waals surface area contributed by atoms with Gasteiger partial charge in [0.25, 0.3) is 0 Å². The number of carbonyl (C=O) groups excluding carboxylic acids is 1. The number of nitrogens with zero attached hydrogens (tertiary/aromatic N) is 1. The van der Waals surface area contributed by atoms with E-state index in [-0.39, 0.29) is 37.9 Å². The molecule has 33 heavy (non-hydrogen) atoms. The molecule has 0 unspecified atom stereocenters. The van der Waals surface area contributed by atoms with E-state index in [0.29, 0.717) is 29.9 Å². The fourth-order valence-electron chi connectivity index (χ4n) is 4.22. The van der Waals surface area contributed by atoms with Crippen molar-refractivity contribution in [2.45, 2.75) is 44.1 Å². The summed E-state index contributed by atoms with van der Waals surface area (Å²) in [5.74, 6) is -1.26. The second-order valence-corrected chi connectivity index (χ2v) is 10.2. The van der Waals surface area contributed by atoms with E-state index in [4.69, 9.17) is 9.47 Å². The number of carbonyl (C=O) groups is 1. The highest BCUT2D eigenvalue weighted by Gasteiger charge is 2.34. The second-order valence-electron chi connectivity index (χ2n) is 8.26. The van der Waals surface area contributed by atoms with Gasteiger partial charge in [-0.1, -0.05) is 0 Å². The minimum absolute atomic E-state index is 0.0273. The molecule has 2 aliphatic heterocycles.